The minimum absolute atomic E-state index is 0. The molecule has 0 heterocycles. The Kier molecular flexibility index (Phi) is 9.53. The fourth-order valence-corrected chi connectivity index (χ4v) is 2.11. The number of guanidine groups is 1. The zero-order valence-electron chi connectivity index (χ0n) is 14.2. The molecule has 0 amide bonds. The van der Waals surface area contributed by atoms with Crippen LogP contribution in [0.2, 0.25) is 5.02 Å². The molecule has 1 rings (SSSR count). The Hall–Kier alpha value is -1.02. The third kappa shape index (κ3) is 9.00. The first-order chi connectivity index (χ1) is 10.2. The summed E-state index contributed by atoms with van der Waals surface area (Å²) in [5, 5.41) is 3.69. The minimum Gasteiger partial charge on any atom is -0.459 e. The largest absolute Gasteiger partial charge is 0.459 e. The number of halogens is 2. The van der Waals surface area contributed by atoms with E-state index in [1.807, 2.05) is 57.0 Å². The molecule has 0 aliphatic heterocycles. The highest BCUT2D eigenvalue weighted by Gasteiger charge is 2.17. The molecule has 0 aromatic heterocycles. The summed E-state index contributed by atoms with van der Waals surface area (Å²) >= 11 is 5.98. The van der Waals surface area contributed by atoms with Crippen LogP contribution in [0.25, 0.3) is 0 Å². The first-order valence-corrected chi connectivity index (χ1v) is 7.47. The third-order valence-corrected chi connectivity index (χ3v) is 2.93. The minimum atomic E-state index is -0.491. The Morgan fingerprint density at radius 1 is 1.39 bits per heavy atom. The monoisotopic (exact) mass is 453 g/mol. The lowest BCUT2D eigenvalue weighted by Gasteiger charge is -2.23. The van der Waals surface area contributed by atoms with Crippen molar-refractivity contribution in [2.75, 3.05) is 20.6 Å². The van der Waals surface area contributed by atoms with Gasteiger partial charge in [0.2, 0.25) is 0 Å². The number of rotatable bonds is 4. The Labute approximate surface area is 160 Å². The average molecular weight is 454 g/mol. The van der Waals surface area contributed by atoms with Crippen molar-refractivity contribution in [2.45, 2.75) is 32.9 Å². The van der Waals surface area contributed by atoms with E-state index in [4.69, 9.17) is 16.3 Å². The van der Waals surface area contributed by atoms with E-state index in [0.29, 0.717) is 17.5 Å². The average Bonchev–Trinajstić information content (AvgIpc) is 2.37. The second-order valence-corrected chi connectivity index (χ2v) is 6.41. The first kappa shape index (κ1) is 22.0. The molecular formula is C16H25ClIN3O2. The van der Waals surface area contributed by atoms with E-state index in [0.717, 1.165) is 5.56 Å². The summed E-state index contributed by atoms with van der Waals surface area (Å²) in [5.41, 5.74) is 0.574. The zero-order valence-corrected chi connectivity index (χ0v) is 17.3. The molecule has 7 heteroatoms. The fraction of sp³-hybridized carbons (Fsp3) is 0.500. The quantitative estimate of drug-likeness (QED) is 0.329. The second kappa shape index (κ2) is 9.97. The number of aliphatic imine (C=N–C) groups is 1. The topological polar surface area (TPSA) is 53.9 Å². The molecule has 0 radical (unpaired) electrons. The summed E-state index contributed by atoms with van der Waals surface area (Å²) in [6.07, 6.45) is 0. The van der Waals surface area contributed by atoms with Crippen LogP contribution in [-0.2, 0) is 16.1 Å². The number of hydrogen-bond donors (Lipinski definition) is 1. The summed E-state index contributed by atoms with van der Waals surface area (Å²) in [4.78, 5) is 17.8. The van der Waals surface area contributed by atoms with Crippen molar-refractivity contribution in [2.24, 2.45) is 4.99 Å². The molecule has 0 aliphatic rings. The summed E-state index contributed by atoms with van der Waals surface area (Å²) in [6.45, 7) is 6.22. The Balaban J connectivity index is 0.00000484. The SMILES string of the molecule is CN=C(NCC(=O)OC(C)(C)C)N(C)Cc1cccc(Cl)c1.I. The fourth-order valence-electron chi connectivity index (χ4n) is 1.90. The number of carbonyl (C=O) groups is 1. The van der Waals surface area contributed by atoms with Crippen molar-refractivity contribution in [3.05, 3.63) is 34.9 Å². The van der Waals surface area contributed by atoms with E-state index >= 15 is 0 Å². The van der Waals surface area contributed by atoms with Gasteiger partial charge in [-0.1, -0.05) is 23.7 Å². The van der Waals surface area contributed by atoms with Crippen molar-refractivity contribution in [3.63, 3.8) is 0 Å². The van der Waals surface area contributed by atoms with Crippen LogP contribution in [0.3, 0.4) is 0 Å². The molecule has 1 aromatic rings. The van der Waals surface area contributed by atoms with Crippen LogP contribution < -0.4 is 5.32 Å². The lowest BCUT2D eigenvalue weighted by Crippen LogP contribution is -2.42. The highest BCUT2D eigenvalue weighted by molar-refractivity contribution is 14.0. The Morgan fingerprint density at radius 2 is 2.04 bits per heavy atom. The number of nitrogens with zero attached hydrogens (tertiary/aromatic N) is 2. The predicted molar refractivity (Wildman–Crippen MR) is 106 cm³/mol. The molecule has 1 aromatic carbocycles. The van der Waals surface area contributed by atoms with Crippen LogP contribution in [0.15, 0.2) is 29.3 Å². The van der Waals surface area contributed by atoms with E-state index in [9.17, 15) is 4.79 Å². The molecule has 130 valence electrons. The van der Waals surface area contributed by atoms with Crippen molar-refractivity contribution >= 4 is 47.5 Å². The van der Waals surface area contributed by atoms with E-state index in [1.54, 1.807) is 7.05 Å². The second-order valence-electron chi connectivity index (χ2n) is 5.97. The van der Waals surface area contributed by atoms with Crippen molar-refractivity contribution in [3.8, 4) is 0 Å². The van der Waals surface area contributed by atoms with Gasteiger partial charge in [0, 0.05) is 25.7 Å². The molecule has 0 saturated heterocycles. The van der Waals surface area contributed by atoms with Crippen molar-refractivity contribution in [1.29, 1.82) is 0 Å². The van der Waals surface area contributed by atoms with Crippen molar-refractivity contribution < 1.29 is 9.53 Å². The summed E-state index contributed by atoms with van der Waals surface area (Å²) in [7, 11) is 3.57. The number of benzene rings is 1. The summed E-state index contributed by atoms with van der Waals surface area (Å²) in [5.74, 6) is 0.302. The highest BCUT2D eigenvalue weighted by Crippen LogP contribution is 2.12. The molecule has 1 N–H and O–H groups in total. The van der Waals surface area contributed by atoms with Gasteiger partial charge in [-0.2, -0.15) is 0 Å². The lowest BCUT2D eigenvalue weighted by molar-refractivity contribution is -0.153. The number of carbonyl (C=O) groups excluding carboxylic acids is 1. The molecule has 0 spiro atoms. The van der Waals surface area contributed by atoms with Gasteiger partial charge in [-0.25, -0.2) is 0 Å². The smallest absolute Gasteiger partial charge is 0.325 e. The van der Waals surface area contributed by atoms with Gasteiger partial charge in [0.1, 0.15) is 12.1 Å². The van der Waals surface area contributed by atoms with Crippen molar-refractivity contribution in [1.82, 2.24) is 10.2 Å². The summed E-state index contributed by atoms with van der Waals surface area (Å²) < 4.78 is 5.25. The Morgan fingerprint density at radius 3 is 2.57 bits per heavy atom. The lowest BCUT2D eigenvalue weighted by atomic mass is 10.2. The van der Waals surface area contributed by atoms with Gasteiger partial charge >= 0.3 is 5.97 Å². The van der Waals surface area contributed by atoms with Crippen LogP contribution in [0.1, 0.15) is 26.3 Å². The van der Waals surface area contributed by atoms with Crippen LogP contribution in [0.4, 0.5) is 0 Å². The Bertz CT molecular complexity index is 544. The number of nitrogens with one attached hydrogen (secondary N) is 1. The molecule has 0 atom stereocenters. The van der Waals surface area contributed by atoms with Gasteiger partial charge in [-0.05, 0) is 38.5 Å². The normalized spacial score (nSPS) is 11.5. The molecule has 5 nitrogen and oxygen atoms in total. The molecule has 23 heavy (non-hydrogen) atoms. The standard InChI is InChI=1S/C16H24ClN3O2.HI/c1-16(2,3)22-14(21)10-19-15(18-4)20(5)11-12-7-6-8-13(17)9-12;/h6-9H,10-11H2,1-5H3,(H,18,19);1H. The predicted octanol–water partition coefficient (Wildman–Crippen LogP) is 3.31. The number of ether oxygens (including phenoxy) is 1. The van der Waals surface area contributed by atoms with Crippen LogP contribution >= 0.6 is 35.6 Å². The molecule has 0 aliphatic carbocycles. The van der Waals surface area contributed by atoms with Crippen LogP contribution in [-0.4, -0.2) is 43.1 Å². The zero-order chi connectivity index (χ0) is 16.8. The molecular weight excluding hydrogens is 429 g/mol. The van der Waals surface area contributed by atoms with Gasteiger partial charge in [0.05, 0.1) is 0 Å². The van der Waals surface area contributed by atoms with Gasteiger partial charge in [-0.15, -0.1) is 24.0 Å². The highest BCUT2D eigenvalue weighted by atomic mass is 127. The molecule has 0 saturated carbocycles. The molecule has 0 unspecified atom stereocenters. The molecule has 0 bridgehead atoms. The summed E-state index contributed by atoms with van der Waals surface area (Å²) in [6, 6.07) is 7.63. The maximum Gasteiger partial charge on any atom is 0.325 e. The van der Waals surface area contributed by atoms with Gasteiger partial charge in [-0.3, -0.25) is 9.79 Å². The molecule has 0 fully saturated rings. The van der Waals surface area contributed by atoms with Gasteiger partial charge in [0.15, 0.2) is 5.96 Å². The van der Waals surface area contributed by atoms with E-state index < -0.39 is 5.60 Å². The number of hydrogen-bond acceptors (Lipinski definition) is 3. The van der Waals surface area contributed by atoms with Gasteiger partial charge < -0.3 is 15.0 Å². The van der Waals surface area contributed by atoms with Crippen LogP contribution in [0.5, 0.6) is 0 Å². The number of esters is 1. The van der Waals surface area contributed by atoms with E-state index in [-0.39, 0.29) is 36.5 Å². The third-order valence-electron chi connectivity index (χ3n) is 2.69. The van der Waals surface area contributed by atoms with E-state index in [2.05, 4.69) is 10.3 Å². The maximum atomic E-state index is 11.7. The van der Waals surface area contributed by atoms with Gasteiger partial charge in [0.25, 0.3) is 0 Å². The van der Waals surface area contributed by atoms with Crippen LogP contribution in [0, 0.1) is 0 Å². The van der Waals surface area contributed by atoms with E-state index in [1.165, 1.54) is 0 Å². The first-order valence-electron chi connectivity index (χ1n) is 7.09. The maximum absolute atomic E-state index is 11.7.